The van der Waals surface area contributed by atoms with E-state index in [9.17, 15) is 4.79 Å². The van der Waals surface area contributed by atoms with Crippen molar-refractivity contribution in [3.63, 3.8) is 0 Å². The van der Waals surface area contributed by atoms with Crippen LogP contribution in [-0.4, -0.2) is 44.8 Å². The standard InChI is InChI=1S/C25H43NO3/c1-23(24-17-13-12-14-18-24)26(2)20-19-25(27)29-22-16-11-9-7-5-4-6-8-10-15-21-28-3/h12-14,17-18,23H,4-11,15-16,19-22H2,1-3H3. The largest absolute Gasteiger partial charge is 0.466 e. The van der Waals surface area contributed by atoms with Crippen molar-refractivity contribution in [3.8, 4) is 0 Å². The molecule has 0 bridgehead atoms. The molecule has 0 heterocycles. The number of hydrogen-bond acceptors (Lipinski definition) is 4. The van der Waals surface area contributed by atoms with Crippen LogP contribution in [0.4, 0.5) is 0 Å². The van der Waals surface area contributed by atoms with Crippen molar-refractivity contribution in [3.05, 3.63) is 35.9 Å². The van der Waals surface area contributed by atoms with E-state index in [0.717, 1.165) is 26.0 Å². The minimum Gasteiger partial charge on any atom is -0.466 e. The first-order valence-electron chi connectivity index (χ1n) is 11.5. The molecule has 0 amide bonds. The number of unbranched alkanes of at least 4 members (excludes halogenated alkanes) is 9. The lowest BCUT2D eigenvalue weighted by atomic mass is 10.1. The quantitative estimate of drug-likeness (QED) is 0.216. The summed E-state index contributed by atoms with van der Waals surface area (Å²) >= 11 is 0. The minimum atomic E-state index is -0.0782. The maximum absolute atomic E-state index is 12.0. The molecule has 0 saturated heterocycles. The number of benzene rings is 1. The molecule has 0 aliphatic carbocycles. The molecule has 1 aromatic rings. The highest BCUT2D eigenvalue weighted by atomic mass is 16.5. The average Bonchev–Trinajstić information content (AvgIpc) is 2.75. The molecule has 1 unspecified atom stereocenters. The van der Waals surface area contributed by atoms with Crippen LogP contribution in [0.25, 0.3) is 0 Å². The van der Waals surface area contributed by atoms with E-state index in [4.69, 9.17) is 9.47 Å². The van der Waals surface area contributed by atoms with Gasteiger partial charge >= 0.3 is 5.97 Å². The van der Waals surface area contributed by atoms with Crippen LogP contribution in [0.15, 0.2) is 30.3 Å². The maximum atomic E-state index is 12.0. The second kappa shape index (κ2) is 17.5. The number of hydrogen-bond donors (Lipinski definition) is 0. The Balaban J connectivity index is 1.91. The van der Waals surface area contributed by atoms with Gasteiger partial charge in [0.15, 0.2) is 0 Å². The lowest BCUT2D eigenvalue weighted by molar-refractivity contribution is -0.144. The van der Waals surface area contributed by atoms with Crippen molar-refractivity contribution in [1.82, 2.24) is 4.90 Å². The maximum Gasteiger partial charge on any atom is 0.307 e. The molecule has 0 spiro atoms. The van der Waals surface area contributed by atoms with Crippen LogP contribution in [0.5, 0.6) is 0 Å². The van der Waals surface area contributed by atoms with E-state index in [0.29, 0.717) is 19.1 Å². The molecular weight excluding hydrogens is 362 g/mol. The first-order valence-corrected chi connectivity index (χ1v) is 11.5. The van der Waals surface area contributed by atoms with Gasteiger partial charge in [-0.25, -0.2) is 0 Å². The topological polar surface area (TPSA) is 38.8 Å². The second-order valence-corrected chi connectivity index (χ2v) is 8.07. The predicted molar refractivity (Wildman–Crippen MR) is 121 cm³/mol. The van der Waals surface area contributed by atoms with Crippen molar-refractivity contribution in [1.29, 1.82) is 0 Å². The summed E-state index contributed by atoms with van der Waals surface area (Å²) in [4.78, 5) is 14.2. The van der Waals surface area contributed by atoms with Crippen molar-refractivity contribution in [2.75, 3.05) is 33.9 Å². The van der Waals surface area contributed by atoms with Gasteiger partial charge < -0.3 is 9.47 Å². The molecule has 0 saturated carbocycles. The van der Waals surface area contributed by atoms with Crippen LogP contribution < -0.4 is 0 Å². The molecule has 0 aliphatic rings. The number of carbonyl (C=O) groups excluding carboxylic acids is 1. The Morgan fingerprint density at radius 2 is 1.38 bits per heavy atom. The number of ether oxygens (including phenoxy) is 2. The number of rotatable bonds is 18. The third-order valence-corrected chi connectivity index (χ3v) is 5.62. The Morgan fingerprint density at radius 1 is 0.862 bits per heavy atom. The average molecular weight is 406 g/mol. The molecule has 0 fully saturated rings. The van der Waals surface area contributed by atoms with Crippen LogP contribution in [-0.2, 0) is 14.3 Å². The summed E-state index contributed by atoms with van der Waals surface area (Å²) < 4.78 is 10.5. The molecule has 0 aromatic heterocycles. The van der Waals surface area contributed by atoms with Crippen LogP contribution in [0.2, 0.25) is 0 Å². The number of methoxy groups -OCH3 is 1. The SMILES string of the molecule is COCCCCCCCCCCCCOC(=O)CCN(C)C(C)c1ccccc1. The normalized spacial score (nSPS) is 12.3. The van der Waals surface area contributed by atoms with Crippen molar-refractivity contribution in [2.24, 2.45) is 0 Å². The Morgan fingerprint density at radius 3 is 1.93 bits per heavy atom. The lowest BCUT2D eigenvalue weighted by Gasteiger charge is -2.24. The van der Waals surface area contributed by atoms with E-state index in [-0.39, 0.29) is 5.97 Å². The van der Waals surface area contributed by atoms with E-state index in [1.165, 1.54) is 56.9 Å². The second-order valence-electron chi connectivity index (χ2n) is 8.07. The smallest absolute Gasteiger partial charge is 0.307 e. The van der Waals surface area contributed by atoms with Crippen LogP contribution in [0.1, 0.15) is 89.2 Å². The Bertz CT molecular complexity index is 506. The summed E-state index contributed by atoms with van der Waals surface area (Å²) in [6, 6.07) is 10.7. The van der Waals surface area contributed by atoms with Gasteiger partial charge in [-0.05, 0) is 32.4 Å². The Hall–Kier alpha value is -1.39. The van der Waals surface area contributed by atoms with Gasteiger partial charge in [-0.2, -0.15) is 0 Å². The van der Waals surface area contributed by atoms with Gasteiger partial charge in [0, 0.05) is 26.3 Å². The molecule has 29 heavy (non-hydrogen) atoms. The monoisotopic (exact) mass is 405 g/mol. The molecule has 0 aliphatic heterocycles. The summed E-state index contributed by atoms with van der Waals surface area (Å²) in [5.41, 5.74) is 1.27. The van der Waals surface area contributed by atoms with Crippen LogP contribution in [0, 0.1) is 0 Å². The van der Waals surface area contributed by atoms with Crippen molar-refractivity contribution >= 4 is 5.97 Å². The highest BCUT2D eigenvalue weighted by Crippen LogP contribution is 2.18. The number of nitrogens with zero attached hydrogens (tertiary/aromatic N) is 1. The summed E-state index contributed by atoms with van der Waals surface area (Å²) in [7, 11) is 3.83. The molecule has 1 atom stereocenters. The minimum absolute atomic E-state index is 0.0782. The summed E-state index contributed by atoms with van der Waals surface area (Å²) in [5.74, 6) is -0.0782. The lowest BCUT2D eigenvalue weighted by Crippen LogP contribution is -2.25. The van der Waals surface area contributed by atoms with Crippen molar-refractivity contribution < 1.29 is 14.3 Å². The van der Waals surface area contributed by atoms with Gasteiger partial charge in [-0.3, -0.25) is 9.69 Å². The first kappa shape index (κ1) is 25.6. The van der Waals surface area contributed by atoms with Gasteiger partial charge in [-0.1, -0.05) is 81.7 Å². The van der Waals surface area contributed by atoms with Gasteiger partial charge in [0.1, 0.15) is 0 Å². The molecule has 0 radical (unpaired) electrons. The molecule has 4 heteroatoms. The molecule has 0 N–H and O–H groups in total. The first-order chi connectivity index (χ1) is 14.1. The van der Waals surface area contributed by atoms with E-state index in [1.807, 2.05) is 6.07 Å². The van der Waals surface area contributed by atoms with E-state index in [2.05, 4.69) is 43.1 Å². The molecule has 166 valence electrons. The van der Waals surface area contributed by atoms with Crippen molar-refractivity contribution in [2.45, 2.75) is 83.6 Å². The summed E-state index contributed by atoms with van der Waals surface area (Å²) in [6.07, 6.45) is 13.0. The molecule has 1 aromatic carbocycles. The number of carbonyl (C=O) groups is 1. The zero-order chi connectivity index (χ0) is 21.2. The fraction of sp³-hybridized carbons (Fsp3) is 0.720. The highest BCUT2D eigenvalue weighted by molar-refractivity contribution is 5.69. The third kappa shape index (κ3) is 13.5. The Kier molecular flexibility index (Phi) is 15.4. The van der Waals surface area contributed by atoms with Gasteiger partial charge in [0.05, 0.1) is 13.0 Å². The van der Waals surface area contributed by atoms with E-state index >= 15 is 0 Å². The van der Waals surface area contributed by atoms with Crippen LogP contribution in [0.3, 0.4) is 0 Å². The van der Waals surface area contributed by atoms with E-state index in [1.54, 1.807) is 7.11 Å². The summed E-state index contributed by atoms with van der Waals surface area (Å²) in [6.45, 7) is 4.35. The zero-order valence-corrected chi connectivity index (χ0v) is 19.0. The summed E-state index contributed by atoms with van der Waals surface area (Å²) in [5, 5.41) is 0. The molecular formula is C25H43NO3. The van der Waals surface area contributed by atoms with Gasteiger partial charge in [0.2, 0.25) is 0 Å². The third-order valence-electron chi connectivity index (χ3n) is 5.62. The fourth-order valence-electron chi connectivity index (χ4n) is 3.47. The number of esters is 1. The van der Waals surface area contributed by atoms with Gasteiger partial charge in [-0.15, -0.1) is 0 Å². The Labute approximate surface area is 179 Å². The highest BCUT2D eigenvalue weighted by Gasteiger charge is 2.13. The fourth-order valence-corrected chi connectivity index (χ4v) is 3.47. The van der Waals surface area contributed by atoms with E-state index < -0.39 is 0 Å². The predicted octanol–water partition coefficient (Wildman–Crippen LogP) is 6.16. The molecule has 1 rings (SSSR count). The molecule has 4 nitrogen and oxygen atoms in total. The van der Waals surface area contributed by atoms with Gasteiger partial charge in [0.25, 0.3) is 0 Å². The zero-order valence-electron chi connectivity index (χ0n) is 19.0. The van der Waals surface area contributed by atoms with Crippen LogP contribution >= 0.6 is 0 Å².